The molecule has 1 saturated heterocycles. The van der Waals surface area contributed by atoms with Gasteiger partial charge in [-0.05, 0) is 42.5 Å². The average Bonchev–Trinajstić information content (AvgIpc) is 2.82. The molecular formula is C18H16N2O2S. The van der Waals surface area contributed by atoms with Crippen molar-refractivity contribution in [1.82, 2.24) is 4.90 Å². The number of para-hydroxylation sites is 1. The molecule has 1 fully saturated rings. The number of benzene rings is 2. The molecule has 0 saturated carbocycles. The number of hydrogen-bond acceptors (Lipinski definition) is 4. The van der Waals surface area contributed by atoms with Gasteiger partial charge in [0.2, 0.25) is 0 Å². The van der Waals surface area contributed by atoms with Crippen molar-refractivity contribution in [3.05, 3.63) is 70.6 Å². The summed E-state index contributed by atoms with van der Waals surface area (Å²) in [7, 11) is 0. The molecule has 2 aromatic rings. The maximum absolute atomic E-state index is 12.4. The van der Waals surface area contributed by atoms with Gasteiger partial charge in [0.25, 0.3) is 11.1 Å². The second kappa shape index (κ2) is 6.71. The number of rotatable bonds is 4. The lowest BCUT2D eigenvalue weighted by Gasteiger charge is -2.14. The third-order valence-electron chi connectivity index (χ3n) is 3.46. The molecule has 2 aromatic carbocycles. The normalized spacial score (nSPS) is 16.2. The van der Waals surface area contributed by atoms with Gasteiger partial charge in [-0.3, -0.25) is 14.5 Å². The Bertz CT molecular complexity index is 754. The zero-order valence-electron chi connectivity index (χ0n) is 12.7. The maximum Gasteiger partial charge on any atom is 0.295 e. The Hall–Kier alpha value is -2.53. The first-order chi connectivity index (χ1) is 11.1. The van der Waals surface area contributed by atoms with Crippen LogP contribution in [0, 0.1) is 6.92 Å². The van der Waals surface area contributed by atoms with Crippen LogP contribution in [0.3, 0.4) is 0 Å². The quantitative estimate of drug-likeness (QED) is 0.860. The van der Waals surface area contributed by atoms with E-state index in [1.807, 2.05) is 61.5 Å². The van der Waals surface area contributed by atoms with Gasteiger partial charge in [0.05, 0.1) is 11.6 Å². The average molecular weight is 324 g/mol. The summed E-state index contributed by atoms with van der Waals surface area (Å²) >= 11 is 0.975. The molecule has 0 bridgehead atoms. The lowest BCUT2D eigenvalue weighted by atomic mass is 10.1. The summed E-state index contributed by atoms with van der Waals surface area (Å²) in [4.78, 5) is 26.1. The van der Waals surface area contributed by atoms with Crippen LogP contribution in [-0.4, -0.2) is 22.7 Å². The van der Waals surface area contributed by atoms with Crippen molar-refractivity contribution in [2.24, 2.45) is 0 Å². The van der Waals surface area contributed by atoms with Crippen molar-refractivity contribution in [3.63, 3.8) is 0 Å². The van der Waals surface area contributed by atoms with Crippen LogP contribution >= 0.6 is 11.8 Å². The molecule has 0 aliphatic carbocycles. The second-order valence-electron chi connectivity index (χ2n) is 5.22. The van der Waals surface area contributed by atoms with E-state index in [4.69, 9.17) is 0 Å². The summed E-state index contributed by atoms with van der Waals surface area (Å²) in [5.41, 5.74) is 2.94. The van der Waals surface area contributed by atoms with Crippen LogP contribution in [0.1, 0.15) is 11.1 Å². The Balaban J connectivity index is 1.71. The van der Waals surface area contributed by atoms with Gasteiger partial charge in [-0.25, -0.2) is 0 Å². The van der Waals surface area contributed by atoms with Gasteiger partial charge in [-0.1, -0.05) is 48.0 Å². The predicted molar refractivity (Wildman–Crippen MR) is 93.9 cm³/mol. The summed E-state index contributed by atoms with van der Waals surface area (Å²) in [6.07, 6.45) is 1.76. The van der Waals surface area contributed by atoms with E-state index in [2.05, 4.69) is 5.32 Å². The van der Waals surface area contributed by atoms with E-state index in [1.54, 1.807) is 6.08 Å². The van der Waals surface area contributed by atoms with Crippen molar-refractivity contribution in [3.8, 4) is 0 Å². The van der Waals surface area contributed by atoms with Crippen LogP contribution in [0.15, 0.2) is 59.5 Å². The van der Waals surface area contributed by atoms with Crippen molar-refractivity contribution in [2.75, 3.05) is 12.0 Å². The number of thioether (sulfide) groups is 1. The SMILES string of the molecule is Cc1ccc(C=C2SC(=O)N(CNc3ccccc3)C2=O)cc1. The van der Waals surface area contributed by atoms with E-state index in [0.717, 1.165) is 28.6 Å². The highest BCUT2D eigenvalue weighted by Crippen LogP contribution is 2.32. The fraction of sp³-hybridized carbons (Fsp3) is 0.111. The number of nitrogens with zero attached hydrogens (tertiary/aromatic N) is 1. The zero-order chi connectivity index (χ0) is 16.2. The molecule has 1 aliphatic heterocycles. The molecule has 1 N–H and O–H groups in total. The molecule has 1 aliphatic rings. The molecule has 0 radical (unpaired) electrons. The topological polar surface area (TPSA) is 49.4 Å². The Morgan fingerprint density at radius 1 is 1.04 bits per heavy atom. The number of hydrogen-bond donors (Lipinski definition) is 1. The third kappa shape index (κ3) is 3.63. The summed E-state index contributed by atoms with van der Waals surface area (Å²) in [6.45, 7) is 2.17. The fourth-order valence-corrected chi connectivity index (χ4v) is 3.01. The molecule has 5 heteroatoms. The number of nitrogens with one attached hydrogen (secondary N) is 1. The van der Waals surface area contributed by atoms with E-state index in [9.17, 15) is 9.59 Å². The first-order valence-electron chi connectivity index (χ1n) is 7.24. The number of imide groups is 1. The van der Waals surface area contributed by atoms with E-state index in [0.29, 0.717) is 4.91 Å². The molecule has 3 rings (SSSR count). The maximum atomic E-state index is 12.4. The van der Waals surface area contributed by atoms with Gasteiger partial charge in [0.1, 0.15) is 0 Å². The standard InChI is InChI=1S/C18H16N2O2S/c1-13-7-9-14(10-8-13)11-16-17(21)20(18(22)23-16)12-19-15-5-3-2-4-6-15/h2-11,19H,12H2,1H3. The highest BCUT2D eigenvalue weighted by Gasteiger charge is 2.34. The third-order valence-corrected chi connectivity index (χ3v) is 4.37. The molecule has 2 amide bonds. The molecule has 0 aromatic heterocycles. The van der Waals surface area contributed by atoms with Gasteiger partial charge in [0, 0.05) is 5.69 Å². The van der Waals surface area contributed by atoms with Crippen LogP contribution < -0.4 is 5.32 Å². The largest absolute Gasteiger partial charge is 0.367 e. The lowest BCUT2D eigenvalue weighted by molar-refractivity contribution is -0.122. The minimum absolute atomic E-state index is 0.167. The van der Waals surface area contributed by atoms with Crippen LogP contribution in [0.2, 0.25) is 0 Å². The first-order valence-corrected chi connectivity index (χ1v) is 8.06. The van der Waals surface area contributed by atoms with Crippen molar-refractivity contribution in [2.45, 2.75) is 6.92 Å². The molecule has 23 heavy (non-hydrogen) atoms. The highest BCUT2D eigenvalue weighted by atomic mass is 32.2. The number of amides is 2. The Kier molecular flexibility index (Phi) is 4.48. The van der Waals surface area contributed by atoms with Gasteiger partial charge >= 0.3 is 0 Å². The molecule has 0 spiro atoms. The summed E-state index contributed by atoms with van der Waals surface area (Å²) in [6, 6.07) is 17.3. The van der Waals surface area contributed by atoms with Crippen LogP contribution in [0.4, 0.5) is 10.5 Å². The first kappa shape index (κ1) is 15.4. The number of anilines is 1. The van der Waals surface area contributed by atoms with Gasteiger partial charge < -0.3 is 5.32 Å². The minimum atomic E-state index is -0.260. The van der Waals surface area contributed by atoms with Crippen molar-refractivity contribution >= 4 is 34.7 Å². The van der Waals surface area contributed by atoms with Crippen LogP contribution in [-0.2, 0) is 4.79 Å². The van der Waals surface area contributed by atoms with E-state index in [-0.39, 0.29) is 17.8 Å². The van der Waals surface area contributed by atoms with E-state index < -0.39 is 0 Å². The zero-order valence-corrected chi connectivity index (χ0v) is 13.5. The van der Waals surface area contributed by atoms with Crippen LogP contribution in [0.25, 0.3) is 6.08 Å². The summed E-state index contributed by atoms with van der Waals surface area (Å²) in [5, 5.41) is 2.83. The molecule has 116 valence electrons. The monoisotopic (exact) mass is 324 g/mol. The second-order valence-corrected chi connectivity index (χ2v) is 6.21. The molecule has 4 nitrogen and oxygen atoms in total. The number of aryl methyl sites for hydroxylation is 1. The lowest BCUT2D eigenvalue weighted by Crippen LogP contribution is -2.33. The van der Waals surface area contributed by atoms with E-state index in [1.165, 1.54) is 4.90 Å². The predicted octanol–water partition coefficient (Wildman–Crippen LogP) is 4.10. The molecule has 0 unspecified atom stereocenters. The van der Waals surface area contributed by atoms with Crippen LogP contribution in [0.5, 0.6) is 0 Å². The summed E-state index contributed by atoms with van der Waals surface area (Å²) in [5.74, 6) is -0.260. The Morgan fingerprint density at radius 3 is 2.43 bits per heavy atom. The fourth-order valence-electron chi connectivity index (χ4n) is 2.18. The summed E-state index contributed by atoms with van der Waals surface area (Å²) < 4.78 is 0. The molecule has 1 heterocycles. The molecule has 0 atom stereocenters. The Morgan fingerprint density at radius 2 is 1.74 bits per heavy atom. The van der Waals surface area contributed by atoms with Crippen molar-refractivity contribution < 1.29 is 9.59 Å². The number of carbonyl (C=O) groups is 2. The number of carbonyl (C=O) groups excluding carboxylic acids is 2. The Labute approximate surface area is 139 Å². The molecular weight excluding hydrogens is 308 g/mol. The van der Waals surface area contributed by atoms with E-state index >= 15 is 0 Å². The highest BCUT2D eigenvalue weighted by molar-refractivity contribution is 8.18. The smallest absolute Gasteiger partial charge is 0.295 e. The van der Waals surface area contributed by atoms with Gasteiger partial charge in [-0.15, -0.1) is 0 Å². The van der Waals surface area contributed by atoms with Gasteiger partial charge in [0.15, 0.2) is 0 Å². The van der Waals surface area contributed by atoms with Gasteiger partial charge in [-0.2, -0.15) is 0 Å². The minimum Gasteiger partial charge on any atom is -0.367 e. The van der Waals surface area contributed by atoms with Crippen molar-refractivity contribution in [1.29, 1.82) is 0 Å².